The Morgan fingerprint density at radius 1 is 0.643 bits per heavy atom. The van der Waals surface area contributed by atoms with Crippen molar-refractivity contribution in [2.75, 3.05) is 19.7 Å². The predicted molar refractivity (Wildman–Crippen MR) is 280 cm³/mol. The third-order valence-electron chi connectivity index (χ3n) is 13.3. The lowest BCUT2D eigenvalue weighted by Crippen LogP contribution is -2.75. The Labute approximate surface area is 424 Å². The van der Waals surface area contributed by atoms with Gasteiger partial charge < -0.3 is 45.6 Å². The maximum Gasteiger partial charge on any atom is 0.408 e. The Bertz CT molecular complexity index is 1460. The average Bonchev–Trinajstić information content (AvgIpc) is 3.30. The molecule has 0 radical (unpaired) electrons. The molecule has 0 saturated carbocycles. The van der Waals surface area contributed by atoms with E-state index >= 15 is 0 Å². The summed E-state index contributed by atoms with van der Waals surface area (Å²) < 4.78 is 11.3. The van der Waals surface area contributed by atoms with E-state index in [1.807, 2.05) is 0 Å². The number of ketones is 1. The molecule has 1 fully saturated rings. The fourth-order valence-electron chi connectivity index (χ4n) is 9.03. The van der Waals surface area contributed by atoms with Crippen molar-refractivity contribution in [1.29, 1.82) is 0 Å². The van der Waals surface area contributed by atoms with Gasteiger partial charge in [-0.25, -0.2) is 4.79 Å². The summed E-state index contributed by atoms with van der Waals surface area (Å²) in [6.45, 7) is 11.1. The molecule has 1 rings (SSSR count). The number of ether oxygens (including phenoxy) is 2. The summed E-state index contributed by atoms with van der Waals surface area (Å²) in [6.07, 6.45) is 32.1. The Kier molecular flexibility index (Phi) is 35.7. The number of Topliss-reactive ketones (excluding diaryl/α,β-unsaturated/α-hetero) is 1. The highest BCUT2D eigenvalue weighted by Crippen LogP contribution is 2.36. The van der Waals surface area contributed by atoms with Gasteiger partial charge in [0, 0.05) is 13.0 Å². The normalized spacial score (nSPS) is 20.2. The third-order valence-corrected chi connectivity index (χ3v) is 13.3. The molecule has 1 saturated heterocycles. The summed E-state index contributed by atoms with van der Waals surface area (Å²) >= 11 is 0. The van der Waals surface area contributed by atoms with E-state index in [-0.39, 0.29) is 18.9 Å². The Balaban J connectivity index is 2.96. The van der Waals surface area contributed by atoms with Gasteiger partial charge in [0.25, 0.3) is 0 Å². The number of rotatable bonds is 41. The van der Waals surface area contributed by atoms with E-state index < -0.39 is 84.6 Å². The largest absolute Gasteiger partial charge is 0.444 e. The van der Waals surface area contributed by atoms with E-state index in [4.69, 9.17) is 15.2 Å². The number of aliphatic hydroxyl groups is 3. The van der Waals surface area contributed by atoms with Crippen LogP contribution in [0, 0.1) is 5.92 Å². The summed E-state index contributed by atoms with van der Waals surface area (Å²) in [5.41, 5.74) is 6.21. The lowest BCUT2D eigenvalue weighted by Gasteiger charge is -2.52. The van der Waals surface area contributed by atoms with E-state index in [1.54, 1.807) is 20.8 Å². The molecule has 0 aromatic heterocycles. The molecule has 7 atom stereocenters. The second kappa shape index (κ2) is 38.5. The number of aliphatic hydroxyl groups excluding tert-OH is 3. The molecule has 408 valence electrons. The molecule has 1 aliphatic heterocycles. The van der Waals surface area contributed by atoms with Crippen molar-refractivity contribution in [2.24, 2.45) is 11.7 Å². The Morgan fingerprint density at radius 2 is 1.07 bits per heavy atom. The van der Waals surface area contributed by atoms with Crippen LogP contribution in [-0.2, 0) is 28.7 Å². The average molecular weight is 994 g/mol. The van der Waals surface area contributed by atoms with Gasteiger partial charge in [0.15, 0.2) is 5.78 Å². The topological polar surface area (TPSA) is 230 Å². The first-order valence-electron chi connectivity index (χ1n) is 27.9. The van der Waals surface area contributed by atoms with Gasteiger partial charge in [-0.15, -0.1) is 0 Å². The number of alkyl carbamates (subject to hydrolysis) is 1. The van der Waals surface area contributed by atoms with Gasteiger partial charge >= 0.3 is 6.09 Å². The van der Waals surface area contributed by atoms with Crippen LogP contribution < -0.4 is 21.7 Å². The van der Waals surface area contributed by atoms with E-state index in [0.717, 1.165) is 64.2 Å². The van der Waals surface area contributed by atoms with Crippen LogP contribution in [0.5, 0.6) is 0 Å². The predicted octanol–water partition coefficient (Wildman–Crippen LogP) is 9.56. The van der Waals surface area contributed by atoms with Crippen molar-refractivity contribution in [1.82, 2.24) is 20.9 Å². The number of amides is 4. The molecule has 0 aliphatic carbocycles. The minimum Gasteiger partial charge on any atom is -0.444 e. The van der Waals surface area contributed by atoms with Crippen LogP contribution in [0.3, 0.4) is 0 Å². The minimum atomic E-state index is -2.26. The molecule has 8 N–H and O–H groups in total. The number of nitrogens with zero attached hydrogens (tertiary/aromatic N) is 1. The number of carbonyl (C=O) groups is 5. The van der Waals surface area contributed by atoms with E-state index in [0.29, 0.717) is 12.8 Å². The Morgan fingerprint density at radius 3 is 1.53 bits per heavy atom. The zero-order chi connectivity index (χ0) is 52.2. The molecule has 0 unspecified atom stereocenters. The van der Waals surface area contributed by atoms with E-state index in [9.17, 15) is 39.3 Å². The first-order chi connectivity index (χ1) is 33.4. The maximum atomic E-state index is 14.3. The van der Waals surface area contributed by atoms with Crippen molar-refractivity contribution in [3.63, 3.8) is 0 Å². The van der Waals surface area contributed by atoms with Crippen molar-refractivity contribution < 1.29 is 48.8 Å². The summed E-state index contributed by atoms with van der Waals surface area (Å²) in [5.74, 6) is -6.57. The van der Waals surface area contributed by atoms with Gasteiger partial charge in [-0.05, 0) is 73.1 Å². The molecule has 0 spiro atoms. The van der Waals surface area contributed by atoms with Crippen LogP contribution in [0.25, 0.3) is 0 Å². The van der Waals surface area contributed by atoms with Crippen LogP contribution >= 0.6 is 0 Å². The molecule has 1 heterocycles. The highest BCUT2D eigenvalue weighted by Gasteiger charge is 2.58. The summed E-state index contributed by atoms with van der Waals surface area (Å²) in [5, 5.41) is 40.1. The fourth-order valence-corrected chi connectivity index (χ4v) is 9.03. The van der Waals surface area contributed by atoms with Crippen molar-refractivity contribution >= 4 is 29.6 Å². The molecule has 70 heavy (non-hydrogen) atoms. The quantitative estimate of drug-likeness (QED) is 0.0173. The molecular formula is C55H103N5O10. The second-order valence-corrected chi connectivity index (χ2v) is 21.0. The van der Waals surface area contributed by atoms with Crippen LogP contribution in [0.1, 0.15) is 241 Å². The number of carbonyl (C=O) groups excluding carboxylic acids is 5. The maximum absolute atomic E-state index is 14.3. The van der Waals surface area contributed by atoms with Gasteiger partial charge in [0.05, 0.1) is 19.3 Å². The van der Waals surface area contributed by atoms with Crippen molar-refractivity contribution in [3.05, 3.63) is 12.2 Å². The highest BCUT2D eigenvalue weighted by atomic mass is 16.6. The number of nitrogens with one attached hydrogen (secondary N) is 3. The molecule has 4 amide bonds. The number of unbranched alkanes of at least 4 members (excludes halogenated alkanes) is 26. The smallest absolute Gasteiger partial charge is 0.408 e. The first-order valence-corrected chi connectivity index (χ1v) is 27.9. The highest BCUT2D eigenvalue weighted by molar-refractivity contribution is 5.94. The molecule has 15 nitrogen and oxygen atoms in total. The van der Waals surface area contributed by atoms with Crippen LogP contribution in [0.15, 0.2) is 12.2 Å². The minimum absolute atomic E-state index is 0.120. The summed E-state index contributed by atoms with van der Waals surface area (Å²) in [6, 6.07) is -2.20. The first kappa shape index (κ1) is 64.9. The molecule has 0 bridgehead atoms. The Hall–Kier alpha value is -3.11. The second-order valence-electron chi connectivity index (χ2n) is 21.0. The summed E-state index contributed by atoms with van der Waals surface area (Å²) in [7, 11) is 0. The lowest BCUT2D eigenvalue weighted by molar-refractivity contribution is -0.291. The molecule has 15 heteroatoms. The van der Waals surface area contributed by atoms with E-state index in [1.165, 1.54) is 128 Å². The lowest BCUT2D eigenvalue weighted by atomic mass is 9.82. The van der Waals surface area contributed by atoms with Gasteiger partial charge in [0.1, 0.15) is 35.8 Å². The molecule has 0 aromatic carbocycles. The van der Waals surface area contributed by atoms with E-state index in [2.05, 4.69) is 41.9 Å². The number of hydrogen-bond donors (Lipinski definition) is 7. The number of hydrogen-bond acceptors (Lipinski definition) is 11. The zero-order valence-corrected chi connectivity index (χ0v) is 45.2. The molecule has 1 aliphatic rings. The molecule has 0 aromatic rings. The molecular weight excluding hydrogens is 891 g/mol. The number of nitrogens with two attached hydrogens (primary N) is 1. The van der Waals surface area contributed by atoms with Crippen LogP contribution in [0.2, 0.25) is 0 Å². The van der Waals surface area contributed by atoms with Gasteiger partial charge in [0.2, 0.25) is 23.6 Å². The van der Waals surface area contributed by atoms with Gasteiger partial charge in [-0.2, -0.15) is 0 Å². The third kappa shape index (κ3) is 28.2. The zero-order valence-electron chi connectivity index (χ0n) is 45.2. The number of allylic oxidation sites excluding steroid dienone is 2. The summed E-state index contributed by atoms with van der Waals surface area (Å²) in [4.78, 5) is 67.8. The van der Waals surface area contributed by atoms with Crippen molar-refractivity contribution in [3.8, 4) is 0 Å². The van der Waals surface area contributed by atoms with Crippen molar-refractivity contribution in [2.45, 2.75) is 283 Å². The monoisotopic (exact) mass is 994 g/mol. The standard InChI is InChI=1S/C55H103N5O10/c1-8-10-12-14-16-18-20-22-24-26-28-30-32-34-36-38-40-60(47(63)39-37-35-33-31-29-27-25-23-21-19-17-15-13-11-9-2)55(56)48(50(65)49(64)46(42-61)69-55)45(62)41-57-51(66)43(3)58-52(67)44(4)59-53(68)70-54(5,6)7/h23,25,43-44,46,48-50,61,64-65H,8-22,24,26-42,56H2,1-7H3,(H,57,66)(H,58,67)(H,59,68)/b25-23-/t43-,44-,46+,48+,49+,50+,55-/m0/s1. The van der Waals surface area contributed by atoms with Gasteiger partial charge in [-0.1, -0.05) is 174 Å². The van der Waals surface area contributed by atoms with Crippen LogP contribution in [0.4, 0.5) is 4.79 Å². The SMILES string of the molecule is CCCCCCCC/C=C\CCCCCCCC(=O)N(CCCCCCCCCCCCCCCCCC)[C@]1(N)O[C@H](CO)[C@@H](O)[C@H](O)[C@H]1C(=O)CNC(=O)[C@H](C)NC(=O)[C@H](C)NC(=O)OC(C)(C)C. The fraction of sp³-hybridized carbons (Fsp3) is 0.873. The van der Waals surface area contributed by atoms with Gasteiger partial charge in [-0.3, -0.25) is 24.9 Å². The van der Waals surface area contributed by atoms with Crippen LogP contribution in [-0.4, -0.2) is 111 Å².